The molecule has 5 rings (SSSR count). The van der Waals surface area contributed by atoms with Crippen LogP contribution >= 0.6 is 0 Å². The van der Waals surface area contributed by atoms with E-state index in [1.165, 1.54) is 19.3 Å². The zero-order valence-electron chi connectivity index (χ0n) is 14.8. The SMILES string of the molecule is CC1(C)CCC[C@]2(C)[C@@H]1C[C@H](O)[C@@]13C=C[C@@H](C[C@@H]21)[C@](O)(CO)C3. The van der Waals surface area contributed by atoms with Crippen LogP contribution in [0.2, 0.25) is 0 Å². The fraction of sp³-hybridized carbons (Fsp3) is 0.900. The number of hydrogen-bond donors (Lipinski definition) is 3. The molecule has 0 heterocycles. The summed E-state index contributed by atoms with van der Waals surface area (Å²) in [7, 11) is 0. The van der Waals surface area contributed by atoms with E-state index in [-0.39, 0.29) is 28.8 Å². The van der Waals surface area contributed by atoms with E-state index in [4.69, 9.17) is 0 Å². The molecule has 3 saturated carbocycles. The molecule has 0 amide bonds. The van der Waals surface area contributed by atoms with Crippen molar-refractivity contribution in [1.29, 1.82) is 0 Å². The van der Waals surface area contributed by atoms with E-state index in [2.05, 4.69) is 32.9 Å². The Balaban J connectivity index is 1.80. The van der Waals surface area contributed by atoms with Gasteiger partial charge in [0.25, 0.3) is 0 Å². The summed E-state index contributed by atoms with van der Waals surface area (Å²) < 4.78 is 0. The highest BCUT2D eigenvalue weighted by Gasteiger charge is 2.68. The van der Waals surface area contributed by atoms with Gasteiger partial charge in [0.05, 0.1) is 18.3 Å². The van der Waals surface area contributed by atoms with Crippen LogP contribution in [0.4, 0.5) is 0 Å². The second-order valence-electron chi connectivity index (χ2n) is 9.96. The van der Waals surface area contributed by atoms with Crippen molar-refractivity contribution in [3.63, 3.8) is 0 Å². The van der Waals surface area contributed by atoms with Crippen molar-refractivity contribution in [3.8, 4) is 0 Å². The average molecular weight is 320 g/mol. The van der Waals surface area contributed by atoms with Crippen LogP contribution in [0.5, 0.6) is 0 Å². The molecule has 0 radical (unpaired) electrons. The summed E-state index contributed by atoms with van der Waals surface area (Å²) in [5.41, 5.74) is -0.867. The van der Waals surface area contributed by atoms with E-state index in [1.807, 2.05) is 0 Å². The molecule has 0 aromatic rings. The molecule has 3 fully saturated rings. The highest BCUT2D eigenvalue weighted by Crippen LogP contribution is 2.70. The van der Waals surface area contributed by atoms with Crippen LogP contribution in [0.15, 0.2) is 12.2 Å². The lowest BCUT2D eigenvalue weighted by atomic mass is 9.36. The molecule has 5 aliphatic rings. The third-order valence-electron chi connectivity index (χ3n) is 8.50. The Morgan fingerprint density at radius 2 is 1.83 bits per heavy atom. The maximum absolute atomic E-state index is 11.1. The molecule has 0 saturated heterocycles. The van der Waals surface area contributed by atoms with Gasteiger partial charge in [0, 0.05) is 11.3 Å². The van der Waals surface area contributed by atoms with Crippen LogP contribution in [0.1, 0.15) is 59.3 Å². The molecule has 0 aromatic heterocycles. The van der Waals surface area contributed by atoms with Crippen LogP contribution in [0.3, 0.4) is 0 Å². The van der Waals surface area contributed by atoms with Crippen molar-refractivity contribution in [1.82, 2.24) is 0 Å². The van der Waals surface area contributed by atoms with Gasteiger partial charge in [-0.15, -0.1) is 0 Å². The van der Waals surface area contributed by atoms with Crippen LogP contribution < -0.4 is 0 Å². The first-order valence-corrected chi connectivity index (χ1v) is 9.39. The fourth-order valence-electron chi connectivity index (χ4n) is 7.34. The van der Waals surface area contributed by atoms with Crippen LogP contribution in [-0.4, -0.2) is 33.6 Å². The van der Waals surface area contributed by atoms with Crippen molar-refractivity contribution in [2.75, 3.05) is 6.61 Å². The zero-order chi connectivity index (χ0) is 16.7. The van der Waals surface area contributed by atoms with E-state index in [0.717, 1.165) is 12.8 Å². The first-order chi connectivity index (χ1) is 10.7. The van der Waals surface area contributed by atoms with E-state index < -0.39 is 11.7 Å². The third kappa shape index (κ3) is 1.88. The van der Waals surface area contributed by atoms with E-state index >= 15 is 0 Å². The molecule has 5 aliphatic carbocycles. The van der Waals surface area contributed by atoms with Crippen LogP contribution in [-0.2, 0) is 0 Å². The van der Waals surface area contributed by atoms with Crippen LogP contribution in [0, 0.1) is 34.0 Å². The lowest BCUT2D eigenvalue weighted by Gasteiger charge is -2.69. The van der Waals surface area contributed by atoms with Gasteiger partial charge in [-0.3, -0.25) is 0 Å². The Labute approximate surface area is 139 Å². The molecule has 0 aliphatic heterocycles. The summed E-state index contributed by atoms with van der Waals surface area (Å²) in [5.74, 6) is 1.00. The Hall–Kier alpha value is -0.380. The standard InChI is InChI=1S/C20H32O3/c1-17(2)6-4-7-18(3)14(17)10-16(22)19-8-5-13(9-15(18)19)20(23,11-19)12-21/h5,8,13-16,21-23H,4,6-7,9-12H2,1-3H3/t13-,14+,15-,16-,18+,19+,20+/m0/s1. The predicted molar refractivity (Wildman–Crippen MR) is 89.7 cm³/mol. The van der Waals surface area contributed by atoms with Gasteiger partial charge in [0.2, 0.25) is 0 Å². The summed E-state index contributed by atoms with van der Waals surface area (Å²) in [5, 5.41) is 31.8. The topological polar surface area (TPSA) is 60.7 Å². The van der Waals surface area contributed by atoms with Gasteiger partial charge in [-0.25, -0.2) is 0 Å². The van der Waals surface area contributed by atoms with Gasteiger partial charge in [-0.1, -0.05) is 39.3 Å². The summed E-state index contributed by atoms with van der Waals surface area (Å²) in [6.07, 6.45) is 9.90. The molecule has 0 aromatic carbocycles. The number of aliphatic hydroxyl groups is 3. The van der Waals surface area contributed by atoms with Gasteiger partial charge in [-0.2, -0.15) is 0 Å². The van der Waals surface area contributed by atoms with Crippen LogP contribution in [0.25, 0.3) is 0 Å². The van der Waals surface area contributed by atoms with E-state index in [0.29, 0.717) is 18.3 Å². The van der Waals surface area contributed by atoms with E-state index in [1.54, 1.807) is 0 Å². The number of hydrogen-bond acceptors (Lipinski definition) is 3. The van der Waals surface area contributed by atoms with E-state index in [9.17, 15) is 15.3 Å². The molecule has 3 heteroatoms. The second kappa shape index (κ2) is 4.62. The maximum atomic E-state index is 11.1. The van der Waals surface area contributed by atoms with Crippen molar-refractivity contribution in [3.05, 3.63) is 12.2 Å². The van der Waals surface area contributed by atoms with Gasteiger partial charge < -0.3 is 15.3 Å². The highest BCUT2D eigenvalue weighted by atomic mass is 16.3. The smallest absolute Gasteiger partial charge is 0.0948 e. The molecule has 7 atom stereocenters. The first-order valence-electron chi connectivity index (χ1n) is 9.39. The molecule has 0 unspecified atom stereocenters. The largest absolute Gasteiger partial charge is 0.393 e. The maximum Gasteiger partial charge on any atom is 0.0948 e. The summed E-state index contributed by atoms with van der Waals surface area (Å²) in [6.45, 7) is 7.00. The molecule has 3 nitrogen and oxygen atoms in total. The third-order valence-corrected chi connectivity index (χ3v) is 8.50. The van der Waals surface area contributed by atoms with Gasteiger partial charge in [0.15, 0.2) is 0 Å². The predicted octanol–water partition coefficient (Wildman–Crippen LogP) is 2.89. The quantitative estimate of drug-likeness (QED) is 0.651. The molecule has 1 spiro atoms. The summed E-state index contributed by atoms with van der Waals surface area (Å²) in [6, 6.07) is 0. The minimum Gasteiger partial charge on any atom is -0.393 e. The highest BCUT2D eigenvalue weighted by molar-refractivity contribution is 5.28. The Morgan fingerprint density at radius 3 is 2.52 bits per heavy atom. The number of rotatable bonds is 1. The first kappa shape index (κ1) is 16.1. The van der Waals surface area contributed by atoms with Gasteiger partial charge in [0.1, 0.15) is 0 Å². The molecule has 130 valence electrons. The van der Waals surface area contributed by atoms with Gasteiger partial charge >= 0.3 is 0 Å². The molecule has 23 heavy (non-hydrogen) atoms. The molecular formula is C20H32O3. The molecular weight excluding hydrogens is 288 g/mol. The monoisotopic (exact) mass is 320 g/mol. The normalized spacial score (nSPS) is 57.0. The molecule has 2 bridgehead atoms. The summed E-state index contributed by atoms with van der Waals surface area (Å²) in [4.78, 5) is 0. The minimum atomic E-state index is -1.04. The average Bonchev–Trinajstić information content (AvgIpc) is 2.50. The lowest BCUT2D eigenvalue weighted by molar-refractivity contribution is -0.235. The second-order valence-corrected chi connectivity index (χ2v) is 9.96. The number of fused-ring (bicyclic) bond motifs is 2. The van der Waals surface area contributed by atoms with Crippen molar-refractivity contribution >= 4 is 0 Å². The minimum absolute atomic E-state index is 0.0344. The lowest BCUT2D eigenvalue weighted by Crippen LogP contribution is -2.68. The fourth-order valence-corrected chi connectivity index (χ4v) is 7.34. The Kier molecular flexibility index (Phi) is 3.23. The van der Waals surface area contributed by atoms with Crippen molar-refractivity contribution in [2.45, 2.75) is 71.0 Å². The number of aliphatic hydroxyl groups excluding tert-OH is 2. The Morgan fingerprint density at radius 1 is 1.09 bits per heavy atom. The Bertz CT molecular complexity index is 541. The van der Waals surface area contributed by atoms with Gasteiger partial charge in [-0.05, 0) is 54.8 Å². The van der Waals surface area contributed by atoms with Crippen molar-refractivity contribution < 1.29 is 15.3 Å². The molecule has 3 N–H and O–H groups in total. The zero-order valence-corrected chi connectivity index (χ0v) is 14.8. The summed E-state index contributed by atoms with van der Waals surface area (Å²) >= 11 is 0. The van der Waals surface area contributed by atoms with Crippen molar-refractivity contribution in [2.24, 2.45) is 34.0 Å².